The van der Waals surface area contributed by atoms with E-state index in [4.69, 9.17) is 4.42 Å². The van der Waals surface area contributed by atoms with Crippen LogP contribution in [0.3, 0.4) is 0 Å². The van der Waals surface area contributed by atoms with Crippen molar-refractivity contribution >= 4 is 34.2 Å². The number of carbonyl (C=O) groups is 2. The van der Waals surface area contributed by atoms with Crippen molar-refractivity contribution in [3.63, 3.8) is 0 Å². The highest BCUT2D eigenvalue weighted by Gasteiger charge is 2.21. The first-order valence-corrected chi connectivity index (χ1v) is 10.3. The maximum atomic E-state index is 12.7. The second kappa shape index (κ2) is 8.53. The largest absolute Gasteiger partial charge is 0.423 e. The second-order valence-corrected chi connectivity index (χ2v) is 7.82. The molecule has 0 spiro atoms. The van der Waals surface area contributed by atoms with Crippen molar-refractivity contribution in [1.29, 1.82) is 0 Å². The average molecular weight is 404 g/mol. The fourth-order valence-electron chi connectivity index (χ4n) is 3.95. The molecular formula is C24H24N2O4. The Labute approximate surface area is 174 Å². The van der Waals surface area contributed by atoms with Crippen LogP contribution in [0.1, 0.15) is 48.0 Å². The van der Waals surface area contributed by atoms with Crippen LogP contribution in [0.4, 0.5) is 11.4 Å². The molecule has 2 N–H and O–H groups in total. The lowest BCUT2D eigenvalue weighted by Gasteiger charge is -2.20. The lowest BCUT2D eigenvalue weighted by atomic mass is 9.88. The summed E-state index contributed by atoms with van der Waals surface area (Å²) in [5.74, 6) is -0.239. The Morgan fingerprint density at radius 2 is 1.70 bits per heavy atom. The molecule has 1 heterocycles. The topological polar surface area (TPSA) is 88.4 Å². The van der Waals surface area contributed by atoms with Gasteiger partial charge in [0, 0.05) is 40.4 Å². The molecule has 2 aromatic carbocycles. The minimum absolute atomic E-state index is 0.0205. The van der Waals surface area contributed by atoms with Gasteiger partial charge in [-0.25, -0.2) is 4.79 Å². The molecule has 4 rings (SSSR count). The van der Waals surface area contributed by atoms with Gasteiger partial charge in [-0.05, 0) is 55.7 Å². The lowest BCUT2D eigenvalue weighted by Crippen LogP contribution is -2.24. The van der Waals surface area contributed by atoms with Crippen molar-refractivity contribution in [2.45, 2.75) is 39.0 Å². The highest BCUT2D eigenvalue weighted by Crippen LogP contribution is 2.25. The van der Waals surface area contributed by atoms with Crippen LogP contribution in [0.25, 0.3) is 11.0 Å². The molecule has 0 aliphatic heterocycles. The molecule has 0 radical (unpaired) electrons. The van der Waals surface area contributed by atoms with Gasteiger partial charge in [0.2, 0.25) is 5.91 Å². The molecule has 0 bridgehead atoms. The highest BCUT2D eigenvalue weighted by atomic mass is 16.4. The Kier molecular flexibility index (Phi) is 5.65. The summed E-state index contributed by atoms with van der Waals surface area (Å²) in [4.78, 5) is 36.8. The van der Waals surface area contributed by atoms with E-state index in [0.29, 0.717) is 22.5 Å². The van der Waals surface area contributed by atoms with Crippen LogP contribution < -0.4 is 16.3 Å². The Morgan fingerprint density at radius 3 is 2.50 bits per heavy atom. The van der Waals surface area contributed by atoms with E-state index < -0.39 is 5.63 Å². The number of hydrogen-bond acceptors (Lipinski definition) is 4. The Hall–Kier alpha value is -3.41. The number of nitrogens with one attached hydrogen (secondary N) is 2. The predicted molar refractivity (Wildman–Crippen MR) is 117 cm³/mol. The molecule has 0 atom stereocenters. The van der Waals surface area contributed by atoms with Crippen molar-refractivity contribution < 1.29 is 14.0 Å². The summed E-state index contributed by atoms with van der Waals surface area (Å²) < 4.78 is 5.24. The van der Waals surface area contributed by atoms with E-state index in [1.165, 1.54) is 12.5 Å². The third kappa shape index (κ3) is 4.43. The van der Waals surface area contributed by atoms with E-state index in [-0.39, 0.29) is 17.7 Å². The molecule has 0 unspecified atom stereocenters. The van der Waals surface area contributed by atoms with Gasteiger partial charge in [-0.3, -0.25) is 9.59 Å². The molecule has 1 aromatic heterocycles. The van der Waals surface area contributed by atoms with Crippen LogP contribution >= 0.6 is 0 Å². The molecule has 6 nitrogen and oxygen atoms in total. The van der Waals surface area contributed by atoms with Crippen molar-refractivity contribution in [3.05, 3.63) is 70.1 Å². The average Bonchev–Trinajstić information content (AvgIpc) is 2.74. The lowest BCUT2D eigenvalue weighted by molar-refractivity contribution is -0.120. The van der Waals surface area contributed by atoms with Crippen LogP contribution in [0.5, 0.6) is 0 Å². The van der Waals surface area contributed by atoms with Gasteiger partial charge in [0.25, 0.3) is 5.91 Å². The summed E-state index contributed by atoms with van der Waals surface area (Å²) in [6, 6.07) is 13.5. The van der Waals surface area contributed by atoms with Crippen LogP contribution in [0.15, 0.2) is 57.7 Å². The van der Waals surface area contributed by atoms with Gasteiger partial charge >= 0.3 is 5.63 Å². The molecule has 1 aliphatic carbocycles. The first-order valence-electron chi connectivity index (χ1n) is 10.3. The van der Waals surface area contributed by atoms with E-state index in [0.717, 1.165) is 36.6 Å². The number of aryl methyl sites for hydroxylation is 1. The molecule has 1 fully saturated rings. The first-order chi connectivity index (χ1) is 14.5. The van der Waals surface area contributed by atoms with E-state index in [1.54, 1.807) is 36.4 Å². The number of anilines is 2. The van der Waals surface area contributed by atoms with Crippen molar-refractivity contribution in [2.75, 3.05) is 10.6 Å². The van der Waals surface area contributed by atoms with Gasteiger partial charge in [-0.2, -0.15) is 0 Å². The maximum Gasteiger partial charge on any atom is 0.336 e. The van der Waals surface area contributed by atoms with Crippen molar-refractivity contribution in [1.82, 2.24) is 0 Å². The van der Waals surface area contributed by atoms with E-state index in [2.05, 4.69) is 10.6 Å². The smallest absolute Gasteiger partial charge is 0.336 e. The minimum atomic E-state index is -0.426. The van der Waals surface area contributed by atoms with Gasteiger partial charge in [0.05, 0.1) is 0 Å². The van der Waals surface area contributed by atoms with E-state index in [1.807, 2.05) is 13.0 Å². The Morgan fingerprint density at radius 1 is 0.933 bits per heavy atom. The summed E-state index contributed by atoms with van der Waals surface area (Å²) in [6.45, 7) is 1.84. The summed E-state index contributed by atoms with van der Waals surface area (Å²) in [7, 11) is 0. The van der Waals surface area contributed by atoms with Gasteiger partial charge in [-0.1, -0.05) is 25.3 Å². The van der Waals surface area contributed by atoms with Crippen LogP contribution in [-0.2, 0) is 4.79 Å². The third-order valence-corrected chi connectivity index (χ3v) is 5.58. The van der Waals surface area contributed by atoms with Crippen LogP contribution in [0, 0.1) is 12.8 Å². The standard InChI is InChI=1S/C24H24N2O4/c1-15-12-22(27)30-21-14-19(10-11-20(15)21)26-24(29)17-8-5-9-18(13-17)25-23(28)16-6-3-2-4-7-16/h5,8-14,16H,2-4,6-7H2,1H3,(H,25,28)(H,26,29). The van der Waals surface area contributed by atoms with Crippen LogP contribution in [-0.4, -0.2) is 11.8 Å². The molecule has 6 heteroatoms. The molecule has 3 aromatic rings. The molecule has 1 saturated carbocycles. The zero-order chi connectivity index (χ0) is 21.1. The van der Waals surface area contributed by atoms with Crippen molar-refractivity contribution in [2.24, 2.45) is 5.92 Å². The normalized spacial score (nSPS) is 14.4. The molecule has 2 amide bonds. The number of fused-ring (bicyclic) bond motifs is 1. The number of benzene rings is 2. The number of carbonyl (C=O) groups excluding carboxylic acids is 2. The molecular weight excluding hydrogens is 380 g/mol. The molecule has 1 aliphatic rings. The predicted octanol–water partition coefficient (Wildman–Crippen LogP) is 4.87. The van der Waals surface area contributed by atoms with E-state index >= 15 is 0 Å². The van der Waals surface area contributed by atoms with Crippen LogP contribution in [0.2, 0.25) is 0 Å². The molecule has 154 valence electrons. The van der Waals surface area contributed by atoms with E-state index in [9.17, 15) is 14.4 Å². The second-order valence-electron chi connectivity index (χ2n) is 7.82. The summed E-state index contributed by atoms with van der Waals surface area (Å²) in [5, 5.41) is 6.58. The van der Waals surface area contributed by atoms with Gasteiger partial charge in [0.15, 0.2) is 0 Å². The Balaban J connectivity index is 1.48. The first kappa shape index (κ1) is 19.9. The Bertz CT molecular complexity index is 1160. The molecule has 0 saturated heterocycles. The summed E-state index contributed by atoms with van der Waals surface area (Å²) >= 11 is 0. The number of rotatable bonds is 4. The van der Waals surface area contributed by atoms with Gasteiger partial charge in [0.1, 0.15) is 5.58 Å². The quantitative estimate of drug-likeness (QED) is 0.607. The zero-order valence-electron chi connectivity index (χ0n) is 16.9. The fourth-order valence-corrected chi connectivity index (χ4v) is 3.95. The van der Waals surface area contributed by atoms with Gasteiger partial charge < -0.3 is 15.1 Å². The third-order valence-electron chi connectivity index (χ3n) is 5.58. The SMILES string of the molecule is Cc1cc(=O)oc2cc(NC(=O)c3cccc(NC(=O)C4CCCCC4)c3)ccc12. The monoisotopic (exact) mass is 404 g/mol. The fraction of sp³-hybridized carbons (Fsp3) is 0.292. The molecule has 30 heavy (non-hydrogen) atoms. The van der Waals surface area contributed by atoms with Crippen molar-refractivity contribution in [3.8, 4) is 0 Å². The zero-order valence-corrected chi connectivity index (χ0v) is 16.9. The summed E-state index contributed by atoms with van der Waals surface area (Å²) in [6.07, 6.45) is 5.21. The maximum absolute atomic E-state index is 12.7. The van der Waals surface area contributed by atoms with Gasteiger partial charge in [-0.15, -0.1) is 0 Å². The number of hydrogen-bond donors (Lipinski definition) is 2. The summed E-state index contributed by atoms with van der Waals surface area (Å²) in [5.41, 5.74) is 2.38. The minimum Gasteiger partial charge on any atom is -0.423 e. The highest BCUT2D eigenvalue weighted by molar-refractivity contribution is 6.06. The number of amides is 2.